The number of rotatable bonds is 16. The number of aryl methyl sites for hydroxylation is 1. The molecule has 2 saturated heterocycles. The Morgan fingerprint density at radius 2 is 1.54 bits per heavy atom. The van der Waals surface area contributed by atoms with Crippen LogP contribution < -0.4 is 49.1 Å². The molecular formula is C45H67N11O9S2. The Morgan fingerprint density at radius 3 is 2.18 bits per heavy atom. The summed E-state index contributed by atoms with van der Waals surface area (Å²) in [6, 6.07) is 3.32. The second-order valence-electron chi connectivity index (χ2n) is 17.1. The van der Waals surface area contributed by atoms with Gasteiger partial charge in [0.2, 0.25) is 47.3 Å². The average Bonchev–Trinajstić information content (AvgIpc) is 4.00. The van der Waals surface area contributed by atoms with E-state index in [2.05, 4.69) is 36.9 Å². The minimum absolute atomic E-state index is 0.00473. The minimum atomic E-state index is -1.58. The van der Waals surface area contributed by atoms with Crippen molar-refractivity contribution in [2.45, 2.75) is 127 Å². The zero-order chi connectivity index (χ0) is 49.0. The number of nitrogens with one attached hydrogen (secondary N) is 6. The molecule has 2 aromatic rings. The molecule has 1 aromatic heterocycles. The van der Waals surface area contributed by atoms with Crippen molar-refractivity contribution in [1.82, 2.24) is 36.8 Å². The van der Waals surface area contributed by atoms with Crippen molar-refractivity contribution in [2.24, 2.45) is 28.1 Å². The number of nitrogens with two attached hydrogens (primary N) is 3. The molecule has 8 amide bonds. The zero-order valence-corrected chi connectivity index (χ0v) is 40.1. The largest absolute Gasteiger partial charge is 0.394 e. The summed E-state index contributed by atoms with van der Waals surface area (Å²) in [7, 11) is 0. The summed E-state index contributed by atoms with van der Waals surface area (Å²) in [4.78, 5) is 116. The highest BCUT2D eigenvalue weighted by molar-refractivity contribution is 7.99. The predicted molar refractivity (Wildman–Crippen MR) is 256 cm³/mol. The molecule has 0 bridgehead atoms. The summed E-state index contributed by atoms with van der Waals surface area (Å²) < 4.78 is 0. The van der Waals surface area contributed by atoms with E-state index in [1.807, 2.05) is 36.6 Å². The van der Waals surface area contributed by atoms with E-state index in [9.17, 15) is 43.5 Å². The molecule has 2 aliphatic heterocycles. The lowest BCUT2D eigenvalue weighted by Crippen LogP contribution is -2.61. The number of thiophene rings is 1. The average molecular weight is 970 g/mol. The maximum absolute atomic E-state index is 14.4. The molecule has 67 heavy (non-hydrogen) atoms. The van der Waals surface area contributed by atoms with Crippen LogP contribution >= 0.6 is 23.1 Å². The van der Waals surface area contributed by atoms with Gasteiger partial charge in [0.25, 0.3) is 0 Å². The van der Waals surface area contributed by atoms with Crippen molar-refractivity contribution in [1.29, 1.82) is 0 Å². The van der Waals surface area contributed by atoms with Gasteiger partial charge in [0.15, 0.2) is 5.96 Å². The molecule has 4 rings (SSSR count). The number of aliphatic imine (C=N–C) groups is 1. The minimum Gasteiger partial charge on any atom is -0.394 e. The number of likely N-dealkylation sites (tertiary alicyclic amines) is 1. The first kappa shape index (κ1) is 53.9. The van der Waals surface area contributed by atoms with Gasteiger partial charge in [-0.25, -0.2) is 0 Å². The standard InChI is InChI=1S/C45H67N11O9S2/c1-4-27-13-15-28(16-14-27)21-31-39(60)52-32(22-30-10-7-20-67-30)41(62)55-38(26(2)3)43(64)53-33(23-36(46)58)40(61)54-34(25-66-19-8-12-37(59)51-31)44(65)56-18-6-11-35(56)42(63)50-29(24-57)9-5-17-49-45(47)48/h7,10,13-16,20,26,29,31-35,38,57H,4-6,8-9,11-12,17-19,21-25H2,1-3H3,(H2,46,58)(H,50,63)(H,51,59)(H,52,60)(H,53,64)(H,54,61)(H,55,62)(H4,47,48,49)/t29-,31+,32+,33+,34+,35+,38+/m1/s1. The van der Waals surface area contributed by atoms with E-state index >= 15 is 0 Å². The monoisotopic (exact) mass is 969 g/mol. The molecule has 3 heterocycles. The summed E-state index contributed by atoms with van der Waals surface area (Å²) in [6.07, 6.45) is 2.28. The topological polar surface area (TPSA) is 323 Å². The lowest BCUT2D eigenvalue weighted by Gasteiger charge is -2.31. The van der Waals surface area contributed by atoms with Crippen LogP contribution in [0.3, 0.4) is 0 Å². The van der Waals surface area contributed by atoms with Gasteiger partial charge in [-0.1, -0.05) is 51.1 Å². The Hall–Kier alpha value is -5.74. The van der Waals surface area contributed by atoms with E-state index in [-0.39, 0.29) is 44.1 Å². The van der Waals surface area contributed by atoms with Crippen LogP contribution in [-0.2, 0) is 57.6 Å². The Labute approximate surface area is 399 Å². The highest BCUT2D eigenvalue weighted by Crippen LogP contribution is 2.21. The number of thioether (sulfide) groups is 1. The summed E-state index contributed by atoms with van der Waals surface area (Å²) in [5.74, 6) is -5.82. The van der Waals surface area contributed by atoms with Crippen molar-refractivity contribution in [3.8, 4) is 0 Å². The van der Waals surface area contributed by atoms with Gasteiger partial charge in [0.1, 0.15) is 36.3 Å². The zero-order valence-electron chi connectivity index (χ0n) is 38.4. The molecule has 22 heteroatoms. The number of hydrogen-bond donors (Lipinski definition) is 10. The van der Waals surface area contributed by atoms with E-state index in [4.69, 9.17) is 17.2 Å². The molecule has 0 spiro atoms. The van der Waals surface area contributed by atoms with Crippen LogP contribution in [0.15, 0.2) is 46.8 Å². The number of nitrogens with zero attached hydrogens (tertiary/aromatic N) is 2. The SMILES string of the molecule is CCc1ccc(C[C@@H]2NC(=O)CCCSC[C@@H](C(=O)N3CCC[C@H]3C(=O)N[C@@H](CO)CCCN=C(N)N)NC(=O)[C@H](CC(N)=O)NC(=O)[C@H](C(C)C)NC(=O)[C@H](Cc3cccs3)NC2=O)cc1. The molecular weight excluding hydrogens is 903 g/mol. The number of guanidine groups is 1. The van der Waals surface area contributed by atoms with Crippen LogP contribution in [0.4, 0.5) is 0 Å². The van der Waals surface area contributed by atoms with Crippen molar-refractivity contribution < 1.29 is 43.5 Å². The summed E-state index contributed by atoms with van der Waals surface area (Å²) in [5.41, 5.74) is 18.2. The van der Waals surface area contributed by atoms with Gasteiger partial charge in [-0.2, -0.15) is 11.8 Å². The number of hydrogen-bond acceptors (Lipinski definition) is 12. The Bertz CT molecular complexity index is 2030. The highest BCUT2D eigenvalue weighted by atomic mass is 32.2. The van der Waals surface area contributed by atoms with Crippen molar-refractivity contribution in [2.75, 3.05) is 31.2 Å². The Balaban J connectivity index is 1.64. The van der Waals surface area contributed by atoms with Crippen LogP contribution in [0, 0.1) is 5.92 Å². The second-order valence-corrected chi connectivity index (χ2v) is 19.2. The quantitative estimate of drug-likeness (QED) is 0.0556. The van der Waals surface area contributed by atoms with Crippen molar-refractivity contribution in [3.05, 3.63) is 57.8 Å². The number of primary amides is 1. The lowest BCUT2D eigenvalue weighted by molar-refractivity contribution is -0.142. The van der Waals surface area contributed by atoms with E-state index in [1.165, 1.54) is 28.0 Å². The normalized spacial score (nSPS) is 23.2. The molecule has 368 valence electrons. The number of benzene rings is 1. The fraction of sp³-hybridized carbons (Fsp3) is 0.578. The summed E-state index contributed by atoms with van der Waals surface area (Å²) in [6.45, 7) is 5.46. The fourth-order valence-electron chi connectivity index (χ4n) is 7.73. The number of aliphatic hydroxyl groups is 1. The van der Waals surface area contributed by atoms with Gasteiger partial charge in [-0.15, -0.1) is 11.3 Å². The predicted octanol–water partition coefficient (Wildman–Crippen LogP) is -0.900. The number of carbonyl (C=O) groups is 8. The second kappa shape index (κ2) is 27.2. The molecule has 0 aliphatic carbocycles. The molecule has 2 aliphatic rings. The number of carbonyl (C=O) groups excluding carboxylic acids is 8. The highest BCUT2D eigenvalue weighted by Gasteiger charge is 2.40. The summed E-state index contributed by atoms with van der Waals surface area (Å²) >= 11 is 2.63. The smallest absolute Gasteiger partial charge is 0.246 e. The van der Waals surface area contributed by atoms with Crippen LogP contribution in [0.5, 0.6) is 0 Å². The maximum atomic E-state index is 14.4. The van der Waals surface area contributed by atoms with Gasteiger partial charge >= 0.3 is 0 Å². The molecule has 0 saturated carbocycles. The molecule has 0 unspecified atom stereocenters. The van der Waals surface area contributed by atoms with E-state index < -0.39 is 102 Å². The first-order valence-electron chi connectivity index (χ1n) is 22.7. The third kappa shape index (κ3) is 17.5. The van der Waals surface area contributed by atoms with E-state index in [1.54, 1.807) is 26.0 Å². The summed E-state index contributed by atoms with van der Waals surface area (Å²) in [5, 5.41) is 28.3. The van der Waals surface area contributed by atoms with Gasteiger partial charge in [0.05, 0.1) is 19.1 Å². The van der Waals surface area contributed by atoms with Crippen LogP contribution in [0.25, 0.3) is 0 Å². The van der Waals surface area contributed by atoms with Crippen LogP contribution in [-0.4, -0.2) is 137 Å². The van der Waals surface area contributed by atoms with Gasteiger partial charge in [-0.3, -0.25) is 43.3 Å². The van der Waals surface area contributed by atoms with Crippen molar-refractivity contribution >= 4 is 76.3 Å². The number of aliphatic hydroxyl groups excluding tert-OH is 1. The van der Waals surface area contributed by atoms with Gasteiger partial charge in [0, 0.05) is 43.0 Å². The first-order valence-corrected chi connectivity index (χ1v) is 24.8. The molecule has 2 fully saturated rings. The lowest BCUT2D eigenvalue weighted by atomic mass is 10.0. The maximum Gasteiger partial charge on any atom is 0.246 e. The van der Waals surface area contributed by atoms with Crippen LogP contribution in [0.1, 0.15) is 81.7 Å². The molecule has 13 N–H and O–H groups in total. The van der Waals surface area contributed by atoms with Crippen molar-refractivity contribution in [3.63, 3.8) is 0 Å². The number of amides is 8. The van der Waals surface area contributed by atoms with Crippen LogP contribution in [0.2, 0.25) is 0 Å². The molecule has 7 atom stereocenters. The van der Waals surface area contributed by atoms with E-state index in [0.717, 1.165) is 22.4 Å². The van der Waals surface area contributed by atoms with E-state index in [0.29, 0.717) is 44.4 Å². The Kier molecular flexibility index (Phi) is 21.8. The first-order chi connectivity index (χ1) is 32.0. The fourth-order valence-corrected chi connectivity index (χ4v) is 9.46. The molecule has 1 aromatic carbocycles. The Morgan fingerprint density at radius 1 is 0.866 bits per heavy atom. The molecule has 20 nitrogen and oxygen atoms in total. The van der Waals surface area contributed by atoms with Gasteiger partial charge in [-0.05, 0) is 72.8 Å². The molecule has 0 radical (unpaired) electrons. The van der Waals surface area contributed by atoms with Gasteiger partial charge < -0.3 is 59.1 Å². The third-order valence-corrected chi connectivity index (χ3v) is 13.5. The third-order valence-electron chi connectivity index (χ3n) is 11.4.